The third-order valence-electron chi connectivity index (χ3n) is 3.36. The van der Waals surface area contributed by atoms with Crippen molar-refractivity contribution in [3.8, 4) is 0 Å². The number of carbonyl (C=O) groups excluding carboxylic acids is 1. The molecule has 0 fully saturated rings. The molecule has 0 unspecified atom stereocenters. The molecule has 0 atom stereocenters. The van der Waals surface area contributed by atoms with Crippen LogP contribution >= 0.6 is 11.6 Å². The summed E-state index contributed by atoms with van der Waals surface area (Å²) in [5.41, 5.74) is 3.21. The number of pyridine rings is 1. The molecule has 0 bridgehead atoms. The monoisotopic (exact) mass is 291 g/mol. The zero-order valence-electron chi connectivity index (χ0n) is 12.0. The Kier molecular flexibility index (Phi) is 4.55. The van der Waals surface area contributed by atoms with Crippen molar-refractivity contribution in [2.45, 2.75) is 40.2 Å². The number of carbonyl (C=O) groups is 1. The summed E-state index contributed by atoms with van der Waals surface area (Å²) in [4.78, 5) is 16.4. The summed E-state index contributed by atoms with van der Waals surface area (Å²) in [6, 6.07) is 1.84. The molecule has 2 heterocycles. The molecule has 0 aliphatic carbocycles. The third kappa shape index (κ3) is 2.75. The van der Waals surface area contributed by atoms with Crippen LogP contribution in [0.5, 0.6) is 0 Å². The number of ketones is 1. The molecule has 2 rings (SSSR count). The number of aromatic nitrogens is 3. The molecule has 0 aliphatic heterocycles. The van der Waals surface area contributed by atoms with Crippen LogP contribution < -0.4 is 0 Å². The van der Waals surface area contributed by atoms with Gasteiger partial charge in [0.15, 0.2) is 5.78 Å². The molecule has 20 heavy (non-hydrogen) atoms. The summed E-state index contributed by atoms with van der Waals surface area (Å²) >= 11 is 6.33. The molecule has 0 amide bonds. The maximum absolute atomic E-state index is 12.4. The fraction of sp³-hybridized carbons (Fsp3) is 0.400. The highest BCUT2D eigenvalue weighted by Crippen LogP contribution is 2.23. The highest BCUT2D eigenvalue weighted by atomic mass is 35.5. The molecule has 0 aromatic carbocycles. The average molecular weight is 292 g/mol. The Morgan fingerprint density at radius 3 is 2.75 bits per heavy atom. The summed E-state index contributed by atoms with van der Waals surface area (Å²) in [7, 11) is 0. The average Bonchev–Trinajstić information content (AvgIpc) is 2.75. The number of halogens is 1. The van der Waals surface area contributed by atoms with Gasteiger partial charge < -0.3 is 0 Å². The minimum absolute atomic E-state index is 0.0229. The van der Waals surface area contributed by atoms with Crippen LogP contribution in [0.2, 0.25) is 5.02 Å². The molecule has 0 saturated heterocycles. The number of Topliss-reactive ketones (excluding diaryl/α,β-unsaturated/α-hetero) is 1. The van der Waals surface area contributed by atoms with Crippen LogP contribution in [0.4, 0.5) is 0 Å². The predicted octanol–water partition coefficient (Wildman–Crippen LogP) is 3.25. The standard InChI is InChI=1S/C15H18ClN3O/c1-4-12-15(16)13(19(5-2)18-12)8-14(20)11-9-17-7-6-10(11)3/h6-7,9H,4-5,8H2,1-3H3. The number of hydrogen-bond acceptors (Lipinski definition) is 3. The molecule has 0 N–H and O–H groups in total. The fourth-order valence-electron chi connectivity index (χ4n) is 2.19. The highest BCUT2D eigenvalue weighted by molar-refractivity contribution is 6.32. The lowest BCUT2D eigenvalue weighted by atomic mass is 10.0. The van der Waals surface area contributed by atoms with Gasteiger partial charge in [-0.3, -0.25) is 14.5 Å². The van der Waals surface area contributed by atoms with Crippen molar-refractivity contribution in [2.75, 3.05) is 0 Å². The maximum Gasteiger partial charge on any atom is 0.170 e. The Morgan fingerprint density at radius 1 is 1.40 bits per heavy atom. The third-order valence-corrected chi connectivity index (χ3v) is 3.80. The summed E-state index contributed by atoms with van der Waals surface area (Å²) in [6.45, 7) is 6.61. The summed E-state index contributed by atoms with van der Waals surface area (Å²) in [6.07, 6.45) is 4.31. The van der Waals surface area contributed by atoms with Gasteiger partial charge in [-0.05, 0) is 31.9 Å². The van der Waals surface area contributed by atoms with Gasteiger partial charge in [-0.2, -0.15) is 5.10 Å². The van der Waals surface area contributed by atoms with Crippen LogP contribution in [0.1, 0.15) is 41.2 Å². The molecule has 0 spiro atoms. The Balaban J connectivity index is 2.33. The smallest absolute Gasteiger partial charge is 0.170 e. The first-order valence-corrected chi connectivity index (χ1v) is 7.14. The quantitative estimate of drug-likeness (QED) is 0.795. The van der Waals surface area contributed by atoms with Gasteiger partial charge >= 0.3 is 0 Å². The van der Waals surface area contributed by atoms with Crippen molar-refractivity contribution in [2.24, 2.45) is 0 Å². The van der Waals surface area contributed by atoms with Crippen LogP contribution in [-0.2, 0) is 19.4 Å². The van der Waals surface area contributed by atoms with E-state index in [2.05, 4.69) is 10.1 Å². The van der Waals surface area contributed by atoms with Gasteiger partial charge in [0, 0.05) is 24.5 Å². The first-order chi connectivity index (χ1) is 9.58. The van der Waals surface area contributed by atoms with E-state index >= 15 is 0 Å². The van der Waals surface area contributed by atoms with Gasteiger partial charge in [0.1, 0.15) is 0 Å². The minimum atomic E-state index is 0.0229. The van der Waals surface area contributed by atoms with Gasteiger partial charge in [-0.25, -0.2) is 0 Å². The molecule has 0 aliphatic rings. The Bertz CT molecular complexity index is 634. The number of hydrogen-bond donors (Lipinski definition) is 0. The van der Waals surface area contributed by atoms with E-state index in [9.17, 15) is 4.79 Å². The van der Waals surface area contributed by atoms with E-state index in [1.54, 1.807) is 12.4 Å². The van der Waals surface area contributed by atoms with Gasteiger partial charge in [0.05, 0.1) is 22.8 Å². The van der Waals surface area contributed by atoms with Crippen molar-refractivity contribution in [1.82, 2.24) is 14.8 Å². The molecular formula is C15H18ClN3O. The molecular weight excluding hydrogens is 274 g/mol. The number of nitrogens with zero attached hydrogens (tertiary/aromatic N) is 3. The van der Waals surface area contributed by atoms with Crippen molar-refractivity contribution in [3.63, 3.8) is 0 Å². The van der Waals surface area contributed by atoms with E-state index in [0.717, 1.165) is 23.4 Å². The van der Waals surface area contributed by atoms with Crippen LogP contribution in [0.3, 0.4) is 0 Å². The first-order valence-electron chi connectivity index (χ1n) is 6.76. The zero-order chi connectivity index (χ0) is 14.7. The van der Waals surface area contributed by atoms with Crippen LogP contribution in [-0.4, -0.2) is 20.5 Å². The Labute approximate surface area is 123 Å². The van der Waals surface area contributed by atoms with Gasteiger partial charge in [-0.1, -0.05) is 18.5 Å². The lowest BCUT2D eigenvalue weighted by Crippen LogP contribution is -2.11. The SMILES string of the molecule is CCc1nn(CC)c(CC(=O)c2cnccc2C)c1Cl. The van der Waals surface area contributed by atoms with E-state index in [-0.39, 0.29) is 12.2 Å². The predicted molar refractivity (Wildman–Crippen MR) is 79.3 cm³/mol. The van der Waals surface area contributed by atoms with E-state index in [0.29, 0.717) is 17.1 Å². The van der Waals surface area contributed by atoms with Crippen molar-refractivity contribution >= 4 is 17.4 Å². The van der Waals surface area contributed by atoms with E-state index in [1.807, 2.05) is 31.5 Å². The highest BCUT2D eigenvalue weighted by Gasteiger charge is 2.19. The summed E-state index contributed by atoms with van der Waals surface area (Å²) < 4.78 is 1.81. The second kappa shape index (κ2) is 6.18. The molecule has 2 aromatic heterocycles. The van der Waals surface area contributed by atoms with Crippen LogP contribution in [0.25, 0.3) is 0 Å². The molecule has 0 radical (unpaired) electrons. The van der Waals surface area contributed by atoms with E-state index < -0.39 is 0 Å². The number of rotatable bonds is 5. The molecule has 4 nitrogen and oxygen atoms in total. The zero-order valence-corrected chi connectivity index (χ0v) is 12.7. The lowest BCUT2D eigenvalue weighted by Gasteiger charge is -2.06. The largest absolute Gasteiger partial charge is 0.294 e. The first kappa shape index (κ1) is 14.7. The minimum Gasteiger partial charge on any atom is -0.294 e. The maximum atomic E-state index is 12.4. The Hall–Kier alpha value is -1.68. The molecule has 106 valence electrons. The normalized spacial score (nSPS) is 10.8. The molecule has 0 saturated carbocycles. The summed E-state index contributed by atoms with van der Waals surface area (Å²) in [5.74, 6) is 0.0229. The molecule has 5 heteroatoms. The fourth-order valence-corrected chi connectivity index (χ4v) is 2.53. The summed E-state index contributed by atoms with van der Waals surface area (Å²) in [5, 5.41) is 5.05. The van der Waals surface area contributed by atoms with E-state index in [1.165, 1.54) is 0 Å². The van der Waals surface area contributed by atoms with Crippen molar-refractivity contribution in [1.29, 1.82) is 0 Å². The van der Waals surface area contributed by atoms with Crippen LogP contribution in [0.15, 0.2) is 18.5 Å². The van der Waals surface area contributed by atoms with Crippen LogP contribution in [0, 0.1) is 6.92 Å². The van der Waals surface area contributed by atoms with Crippen molar-refractivity contribution < 1.29 is 4.79 Å². The lowest BCUT2D eigenvalue weighted by molar-refractivity contribution is 0.0989. The van der Waals surface area contributed by atoms with E-state index in [4.69, 9.17) is 11.6 Å². The van der Waals surface area contributed by atoms with Gasteiger partial charge in [0.25, 0.3) is 0 Å². The van der Waals surface area contributed by atoms with Crippen molar-refractivity contribution in [3.05, 3.63) is 46.0 Å². The topological polar surface area (TPSA) is 47.8 Å². The van der Waals surface area contributed by atoms with Gasteiger partial charge in [-0.15, -0.1) is 0 Å². The second-order valence-electron chi connectivity index (χ2n) is 4.67. The molecule has 2 aromatic rings. The Morgan fingerprint density at radius 2 is 2.15 bits per heavy atom. The number of aryl methyl sites for hydroxylation is 3. The van der Waals surface area contributed by atoms with Gasteiger partial charge in [0.2, 0.25) is 0 Å². The second-order valence-corrected chi connectivity index (χ2v) is 5.05.